The van der Waals surface area contributed by atoms with E-state index in [4.69, 9.17) is 9.72 Å². The summed E-state index contributed by atoms with van der Waals surface area (Å²) in [4.78, 5) is 34.4. The van der Waals surface area contributed by atoms with Gasteiger partial charge in [0.25, 0.3) is 0 Å². The molecule has 68 heavy (non-hydrogen) atoms. The summed E-state index contributed by atoms with van der Waals surface area (Å²) in [6, 6.07) is 38.4. The fraction of sp³-hybridized carbons (Fsp3) is 0.333. The lowest BCUT2D eigenvalue weighted by atomic mass is 10.00. The van der Waals surface area contributed by atoms with Crippen LogP contribution in [0.3, 0.4) is 0 Å². The highest BCUT2D eigenvalue weighted by Crippen LogP contribution is 2.42. The molecule has 342 valence electrons. The molecule has 8 nitrogen and oxygen atoms in total. The number of carboxylic acid groups (broad SMARTS) is 1. The van der Waals surface area contributed by atoms with E-state index < -0.39 is 5.97 Å². The number of carbonyl (C=O) groups is 2. The van der Waals surface area contributed by atoms with Gasteiger partial charge in [-0.3, -0.25) is 9.97 Å². The van der Waals surface area contributed by atoms with Crippen molar-refractivity contribution in [2.75, 3.05) is 6.61 Å². The third kappa shape index (κ3) is 9.51. The summed E-state index contributed by atoms with van der Waals surface area (Å²) in [5, 5.41) is 12.3. The molecule has 5 saturated carbocycles. The minimum atomic E-state index is -0.889. The summed E-state index contributed by atoms with van der Waals surface area (Å²) in [6.45, 7) is 2.65. The maximum atomic E-state index is 13.1. The standard InChI is InChI=1S/C32H32N2O2.C28H26N2O2/c35-32(36-20-22-8-9-22)28-16-26(24-11-12-24)17-33-30(28)14-23-10-13-27-29(25-4-2-1-3-5-25)19-34(31(27)15-23)18-21-6-7-21;31-28(32)24-14-22(20-9-10-20)15-29-26(24)12-19-8-11-23-25(21-4-2-1-3-5-21)17-30(27(23)13-19)16-18-6-7-18/h1-5,10,13,15-17,19,21-22,24H,6-9,11-12,14,18,20H2;1-5,8,11,13-15,17-18,20H,6-7,9-10,12,16H2,(H,31,32). The van der Waals surface area contributed by atoms with Crippen LogP contribution in [0.1, 0.15) is 130 Å². The average molecular weight is 899 g/mol. The Labute approximate surface area is 398 Å². The quantitative estimate of drug-likeness (QED) is 0.0970. The van der Waals surface area contributed by atoms with Crippen molar-refractivity contribution in [1.82, 2.24) is 19.1 Å². The minimum Gasteiger partial charge on any atom is -0.478 e. The molecule has 5 aliphatic carbocycles. The third-order valence-corrected chi connectivity index (χ3v) is 14.8. The van der Waals surface area contributed by atoms with Gasteiger partial charge in [-0.2, -0.15) is 0 Å². The van der Waals surface area contributed by atoms with E-state index in [9.17, 15) is 14.7 Å². The van der Waals surface area contributed by atoms with Gasteiger partial charge < -0.3 is 19.0 Å². The molecule has 0 aliphatic heterocycles. The molecule has 5 aliphatic rings. The number of carbonyl (C=O) groups excluding carboxylic acids is 1. The second-order valence-electron chi connectivity index (χ2n) is 20.5. The smallest absolute Gasteiger partial charge is 0.340 e. The van der Waals surface area contributed by atoms with E-state index in [-0.39, 0.29) is 5.97 Å². The Bertz CT molecular complexity index is 3170. The molecule has 8 heteroatoms. The molecule has 0 radical (unpaired) electrons. The second kappa shape index (κ2) is 18.0. The van der Waals surface area contributed by atoms with Crippen molar-refractivity contribution in [3.8, 4) is 22.3 Å². The first-order valence-electron chi connectivity index (χ1n) is 25.1. The summed E-state index contributed by atoms with van der Waals surface area (Å²) in [5.74, 6) is 2.06. The largest absolute Gasteiger partial charge is 0.478 e. The van der Waals surface area contributed by atoms with Gasteiger partial charge in [0, 0.05) is 83.7 Å². The number of ether oxygens (including phenoxy) is 1. The number of hydrogen-bond acceptors (Lipinski definition) is 5. The van der Waals surface area contributed by atoms with Crippen molar-refractivity contribution < 1.29 is 19.4 Å². The fourth-order valence-corrected chi connectivity index (χ4v) is 9.93. The second-order valence-corrected chi connectivity index (χ2v) is 20.5. The number of nitrogens with zero attached hydrogens (tertiary/aromatic N) is 4. The van der Waals surface area contributed by atoms with Gasteiger partial charge in [0.15, 0.2) is 0 Å². The number of benzene rings is 4. The van der Waals surface area contributed by atoms with Crippen molar-refractivity contribution in [2.24, 2.45) is 17.8 Å². The molecule has 0 unspecified atom stereocenters. The molecule has 1 N–H and O–H groups in total. The Morgan fingerprint density at radius 1 is 0.544 bits per heavy atom. The number of aromatic nitrogens is 4. The zero-order valence-corrected chi connectivity index (χ0v) is 38.7. The minimum absolute atomic E-state index is 0.212. The van der Waals surface area contributed by atoms with Crippen LogP contribution in [-0.4, -0.2) is 42.8 Å². The van der Waals surface area contributed by atoms with Crippen molar-refractivity contribution in [3.63, 3.8) is 0 Å². The molecule has 8 aromatic rings. The zero-order valence-electron chi connectivity index (χ0n) is 38.7. The van der Waals surface area contributed by atoms with E-state index in [1.54, 1.807) is 0 Å². The van der Waals surface area contributed by atoms with Crippen LogP contribution in [0.25, 0.3) is 44.1 Å². The predicted molar refractivity (Wildman–Crippen MR) is 268 cm³/mol. The van der Waals surface area contributed by atoms with E-state index in [2.05, 4.69) is 124 Å². The fourth-order valence-electron chi connectivity index (χ4n) is 9.93. The van der Waals surface area contributed by atoms with Crippen LogP contribution in [0.5, 0.6) is 0 Å². The van der Waals surface area contributed by atoms with Crippen molar-refractivity contribution >= 4 is 33.7 Å². The molecule has 13 rings (SSSR count). The maximum absolute atomic E-state index is 13.1. The van der Waals surface area contributed by atoms with Crippen molar-refractivity contribution in [1.29, 1.82) is 0 Å². The molecule has 0 atom stereocenters. The summed E-state index contributed by atoms with van der Waals surface area (Å²) < 4.78 is 10.5. The highest BCUT2D eigenvalue weighted by atomic mass is 16.5. The van der Waals surface area contributed by atoms with Crippen LogP contribution >= 0.6 is 0 Å². The van der Waals surface area contributed by atoms with Crippen LogP contribution in [0.4, 0.5) is 0 Å². The number of aromatic carboxylic acids is 1. The highest BCUT2D eigenvalue weighted by molar-refractivity contribution is 5.98. The number of esters is 1. The lowest BCUT2D eigenvalue weighted by Gasteiger charge is -2.12. The molecule has 5 fully saturated rings. The topological polar surface area (TPSA) is 99.2 Å². The predicted octanol–water partition coefficient (Wildman–Crippen LogP) is 13.4. The molecule has 0 saturated heterocycles. The monoisotopic (exact) mass is 898 g/mol. The van der Waals surface area contributed by atoms with E-state index >= 15 is 0 Å². The number of fused-ring (bicyclic) bond motifs is 2. The van der Waals surface area contributed by atoms with E-state index in [1.807, 2.05) is 24.5 Å². The van der Waals surface area contributed by atoms with Gasteiger partial charge in [0.1, 0.15) is 0 Å². The summed E-state index contributed by atoms with van der Waals surface area (Å²) in [5.41, 5.74) is 14.5. The van der Waals surface area contributed by atoms with Gasteiger partial charge in [-0.05, 0) is 151 Å². The molecule has 4 heterocycles. The first-order chi connectivity index (χ1) is 33.4. The summed E-state index contributed by atoms with van der Waals surface area (Å²) >= 11 is 0. The molecule has 0 spiro atoms. The van der Waals surface area contributed by atoms with Gasteiger partial charge >= 0.3 is 11.9 Å². The number of carboxylic acids is 1. The molecule has 0 amide bonds. The Morgan fingerprint density at radius 2 is 1.00 bits per heavy atom. The Hall–Kier alpha value is -6.80. The van der Waals surface area contributed by atoms with Crippen molar-refractivity contribution in [3.05, 3.63) is 179 Å². The SMILES string of the molecule is O=C(O)c1cc(C2CC2)cnc1Cc1ccc2c(-c3ccccc3)cn(CC3CC3)c2c1.O=C(OCC1CC1)c1cc(C2CC2)cnc1Cc1ccc2c(-c3ccccc3)cn(CC3CC3)c2c1. The van der Waals surface area contributed by atoms with Gasteiger partial charge in [-0.1, -0.05) is 84.9 Å². The Morgan fingerprint density at radius 3 is 1.44 bits per heavy atom. The summed E-state index contributed by atoms with van der Waals surface area (Å²) in [6.07, 6.45) is 21.9. The Kier molecular flexibility index (Phi) is 11.3. The van der Waals surface area contributed by atoms with E-state index in [1.165, 1.54) is 107 Å². The van der Waals surface area contributed by atoms with Crippen molar-refractivity contribution in [2.45, 2.75) is 102 Å². The lowest BCUT2D eigenvalue weighted by molar-refractivity contribution is 0.0483. The van der Waals surface area contributed by atoms with Gasteiger partial charge in [0.05, 0.1) is 29.1 Å². The zero-order chi connectivity index (χ0) is 45.7. The lowest BCUT2D eigenvalue weighted by Crippen LogP contribution is -2.12. The van der Waals surface area contributed by atoms with E-state index in [0.29, 0.717) is 54.0 Å². The number of pyridine rings is 2. The molecular formula is C60H58N4O4. The van der Waals surface area contributed by atoms with Crippen LogP contribution < -0.4 is 0 Å². The average Bonchev–Trinajstić information content (AvgIpc) is 4.14. The first kappa shape index (κ1) is 42.5. The van der Waals surface area contributed by atoms with Crippen LogP contribution in [-0.2, 0) is 30.7 Å². The van der Waals surface area contributed by atoms with Crippen LogP contribution in [0.2, 0.25) is 0 Å². The van der Waals surface area contributed by atoms with E-state index in [0.717, 1.165) is 54.6 Å². The molecule has 0 bridgehead atoms. The number of rotatable bonds is 16. The van der Waals surface area contributed by atoms with Gasteiger partial charge in [0.2, 0.25) is 0 Å². The van der Waals surface area contributed by atoms with Gasteiger partial charge in [-0.15, -0.1) is 0 Å². The Balaban J connectivity index is 0.000000142. The first-order valence-corrected chi connectivity index (χ1v) is 25.1. The van der Waals surface area contributed by atoms with Gasteiger partial charge in [-0.25, -0.2) is 9.59 Å². The van der Waals surface area contributed by atoms with Crippen LogP contribution in [0, 0.1) is 17.8 Å². The normalized spacial score (nSPS) is 16.7. The van der Waals surface area contributed by atoms with Crippen LogP contribution in [0.15, 0.2) is 134 Å². The molecular weight excluding hydrogens is 841 g/mol. The third-order valence-electron chi connectivity index (χ3n) is 14.8. The molecule has 4 aromatic carbocycles. The summed E-state index contributed by atoms with van der Waals surface area (Å²) in [7, 11) is 0. The number of hydrogen-bond donors (Lipinski definition) is 1. The maximum Gasteiger partial charge on any atom is 0.340 e. The molecule has 4 aromatic heterocycles. The highest BCUT2D eigenvalue weighted by Gasteiger charge is 2.30.